The molecular formula is C12H12BrN5O3. The van der Waals surface area contributed by atoms with E-state index in [9.17, 15) is 10.1 Å². The molecular weight excluding hydrogens is 342 g/mol. The van der Waals surface area contributed by atoms with Crippen molar-refractivity contribution in [3.63, 3.8) is 0 Å². The molecule has 4 N–H and O–H groups in total. The van der Waals surface area contributed by atoms with E-state index in [4.69, 9.17) is 10.6 Å². The number of nitrogen functional groups attached to an aromatic ring is 1. The van der Waals surface area contributed by atoms with Crippen LogP contribution in [0.1, 0.15) is 0 Å². The predicted octanol–water partition coefficient (Wildman–Crippen LogP) is 2.79. The summed E-state index contributed by atoms with van der Waals surface area (Å²) in [5.74, 6) is 6.17. The van der Waals surface area contributed by atoms with E-state index in [0.717, 1.165) is 4.47 Å². The van der Waals surface area contributed by atoms with Gasteiger partial charge in [0, 0.05) is 10.5 Å². The normalized spacial score (nSPS) is 10.0. The van der Waals surface area contributed by atoms with Crippen molar-refractivity contribution in [1.82, 2.24) is 4.98 Å². The van der Waals surface area contributed by atoms with Crippen LogP contribution in [0.3, 0.4) is 0 Å². The number of nitrogens with two attached hydrogens (primary N) is 1. The summed E-state index contributed by atoms with van der Waals surface area (Å²) >= 11 is 3.33. The summed E-state index contributed by atoms with van der Waals surface area (Å²) in [5.41, 5.74) is 2.71. The van der Waals surface area contributed by atoms with Crippen molar-refractivity contribution in [1.29, 1.82) is 0 Å². The first-order valence-electron chi connectivity index (χ1n) is 5.77. The van der Waals surface area contributed by atoms with Crippen LogP contribution in [0.25, 0.3) is 0 Å². The number of anilines is 3. The Morgan fingerprint density at radius 2 is 2.14 bits per heavy atom. The van der Waals surface area contributed by atoms with Crippen LogP contribution < -0.4 is 21.3 Å². The molecule has 0 fully saturated rings. The molecule has 0 spiro atoms. The number of halogens is 1. The summed E-state index contributed by atoms with van der Waals surface area (Å²) in [6.45, 7) is 0. The van der Waals surface area contributed by atoms with Gasteiger partial charge in [-0.2, -0.15) is 0 Å². The lowest BCUT2D eigenvalue weighted by atomic mass is 10.3. The minimum Gasteiger partial charge on any atom is -0.495 e. The van der Waals surface area contributed by atoms with E-state index in [0.29, 0.717) is 17.3 Å². The molecule has 1 aromatic carbocycles. The van der Waals surface area contributed by atoms with E-state index in [1.807, 2.05) is 0 Å². The molecule has 2 aromatic rings. The van der Waals surface area contributed by atoms with Crippen molar-refractivity contribution >= 4 is 38.9 Å². The Morgan fingerprint density at radius 3 is 2.76 bits per heavy atom. The molecule has 110 valence electrons. The Morgan fingerprint density at radius 1 is 1.38 bits per heavy atom. The summed E-state index contributed by atoms with van der Waals surface area (Å²) in [6.07, 6.45) is 0. The third-order valence-corrected chi connectivity index (χ3v) is 3.13. The van der Waals surface area contributed by atoms with Crippen molar-refractivity contribution in [2.24, 2.45) is 5.84 Å². The topological polar surface area (TPSA) is 115 Å². The van der Waals surface area contributed by atoms with Crippen LogP contribution in [0.4, 0.5) is 23.0 Å². The van der Waals surface area contributed by atoms with Crippen LogP contribution in [-0.4, -0.2) is 17.0 Å². The number of nitro groups is 1. The van der Waals surface area contributed by atoms with Gasteiger partial charge in [0.05, 0.1) is 17.7 Å². The maximum atomic E-state index is 11.1. The fourth-order valence-corrected chi connectivity index (χ4v) is 2.04. The molecule has 0 saturated carbocycles. The third kappa shape index (κ3) is 3.38. The summed E-state index contributed by atoms with van der Waals surface area (Å²) in [6, 6.07) is 7.98. The molecule has 21 heavy (non-hydrogen) atoms. The highest BCUT2D eigenvalue weighted by Crippen LogP contribution is 2.33. The Hall–Kier alpha value is -2.39. The molecule has 0 aliphatic heterocycles. The number of benzene rings is 1. The van der Waals surface area contributed by atoms with Crippen molar-refractivity contribution < 1.29 is 9.66 Å². The minimum absolute atomic E-state index is 0.0619. The second-order valence-electron chi connectivity index (χ2n) is 3.94. The van der Waals surface area contributed by atoms with Gasteiger partial charge >= 0.3 is 5.69 Å². The van der Waals surface area contributed by atoms with Gasteiger partial charge in [0.25, 0.3) is 0 Å². The van der Waals surface area contributed by atoms with Gasteiger partial charge in [-0.1, -0.05) is 15.9 Å². The zero-order valence-electron chi connectivity index (χ0n) is 11.0. The highest BCUT2D eigenvalue weighted by atomic mass is 79.9. The highest BCUT2D eigenvalue weighted by molar-refractivity contribution is 9.10. The number of nitrogens with one attached hydrogen (secondary N) is 2. The average molecular weight is 354 g/mol. The summed E-state index contributed by atoms with van der Waals surface area (Å²) in [4.78, 5) is 14.6. The molecule has 8 nitrogen and oxygen atoms in total. The number of aromatic nitrogens is 1. The van der Waals surface area contributed by atoms with Crippen LogP contribution >= 0.6 is 15.9 Å². The molecule has 0 amide bonds. The zero-order valence-corrected chi connectivity index (χ0v) is 12.5. The largest absolute Gasteiger partial charge is 0.495 e. The van der Waals surface area contributed by atoms with E-state index < -0.39 is 4.92 Å². The summed E-state index contributed by atoms with van der Waals surface area (Å²) in [5, 5.41) is 14.0. The molecule has 0 aliphatic carbocycles. The lowest BCUT2D eigenvalue weighted by Crippen LogP contribution is -2.10. The monoisotopic (exact) mass is 353 g/mol. The van der Waals surface area contributed by atoms with E-state index in [1.54, 1.807) is 18.2 Å². The lowest BCUT2D eigenvalue weighted by molar-refractivity contribution is -0.384. The molecule has 0 unspecified atom stereocenters. The standard InChI is InChI=1S/C12H12BrN5O3/c1-21-10-4-2-7(13)6-8(10)15-12-9(18(19)20)3-5-11(16-12)17-14/h2-6H,14H2,1H3,(H2,15,16,17). The quantitative estimate of drug-likeness (QED) is 0.430. The molecule has 2 rings (SSSR count). The van der Waals surface area contributed by atoms with Crippen molar-refractivity contribution in [3.8, 4) is 5.75 Å². The maximum Gasteiger partial charge on any atom is 0.311 e. The second kappa shape index (κ2) is 6.37. The van der Waals surface area contributed by atoms with E-state index in [-0.39, 0.29) is 11.5 Å². The van der Waals surface area contributed by atoms with Crippen LogP contribution in [0, 0.1) is 10.1 Å². The summed E-state index contributed by atoms with van der Waals surface area (Å²) in [7, 11) is 1.51. The molecule has 9 heteroatoms. The smallest absolute Gasteiger partial charge is 0.311 e. The van der Waals surface area contributed by atoms with E-state index in [1.165, 1.54) is 19.2 Å². The minimum atomic E-state index is -0.528. The zero-order chi connectivity index (χ0) is 15.4. The van der Waals surface area contributed by atoms with Gasteiger partial charge < -0.3 is 15.5 Å². The van der Waals surface area contributed by atoms with Gasteiger partial charge in [-0.05, 0) is 24.3 Å². The maximum absolute atomic E-state index is 11.1. The van der Waals surface area contributed by atoms with E-state index >= 15 is 0 Å². The molecule has 0 atom stereocenters. The van der Waals surface area contributed by atoms with Gasteiger partial charge in [0.2, 0.25) is 5.82 Å². The third-order valence-electron chi connectivity index (χ3n) is 2.63. The number of rotatable bonds is 5. The fourth-order valence-electron chi connectivity index (χ4n) is 1.68. The molecule has 0 radical (unpaired) electrons. The first-order valence-corrected chi connectivity index (χ1v) is 6.57. The molecule has 1 heterocycles. The Labute approximate surface area is 128 Å². The highest BCUT2D eigenvalue weighted by Gasteiger charge is 2.17. The van der Waals surface area contributed by atoms with Crippen molar-refractivity contribution in [2.75, 3.05) is 17.9 Å². The van der Waals surface area contributed by atoms with Gasteiger partial charge in [0.1, 0.15) is 11.6 Å². The van der Waals surface area contributed by atoms with Crippen LogP contribution in [0.15, 0.2) is 34.8 Å². The average Bonchev–Trinajstić information content (AvgIpc) is 2.47. The lowest BCUT2D eigenvalue weighted by Gasteiger charge is -2.12. The van der Waals surface area contributed by atoms with Crippen molar-refractivity contribution in [2.45, 2.75) is 0 Å². The number of pyridine rings is 1. The first kappa shape index (κ1) is 15.0. The summed E-state index contributed by atoms with van der Waals surface area (Å²) < 4.78 is 6.00. The van der Waals surface area contributed by atoms with Gasteiger partial charge in [0.15, 0.2) is 0 Å². The van der Waals surface area contributed by atoms with Gasteiger partial charge in [-0.3, -0.25) is 10.1 Å². The molecule has 1 aromatic heterocycles. The van der Waals surface area contributed by atoms with Gasteiger partial charge in [-0.25, -0.2) is 10.8 Å². The number of hydrogen-bond donors (Lipinski definition) is 3. The van der Waals surface area contributed by atoms with Crippen LogP contribution in [0.2, 0.25) is 0 Å². The number of nitrogens with zero attached hydrogens (tertiary/aromatic N) is 2. The molecule has 0 aliphatic rings. The Balaban J connectivity index is 2.47. The molecule has 0 bridgehead atoms. The SMILES string of the molecule is COc1ccc(Br)cc1Nc1nc(NN)ccc1[N+](=O)[O-]. The molecule has 0 saturated heterocycles. The fraction of sp³-hybridized carbons (Fsp3) is 0.0833. The Bertz CT molecular complexity index is 680. The Kier molecular flexibility index (Phi) is 4.55. The van der Waals surface area contributed by atoms with E-state index in [2.05, 4.69) is 31.7 Å². The first-order chi connectivity index (χ1) is 10.0. The number of methoxy groups -OCH3 is 1. The van der Waals surface area contributed by atoms with Crippen LogP contribution in [0.5, 0.6) is 5.75 Å². The number of ether oxygens (including phenoxy) is 1. The predicted molar refractivity (Wildman–Crippen MR) is 82.7 cm³/mol. The van der Waals surface area contributed by atoms with Gasteiger partial charge in [-0.15, -0.1) is 0 Å². The second-order valence-corrected chi connectivity index (χ2v) is 4.85. The number of hydrazine groups is 1. The van der Waals surface area contributed by atoms with Crippen LogP contribution in [-0.2, 0) is 0 Å². The van der Waals surface area contributed by atoms with Crippen molar-refractivity contribution in [3.05, 3.63) is 44.9 Å². The number of hydrogen-bond acceptors (Lipinski definition) is 7.